The molecule has 0 aliphatic heterocycles. The van der Waals surface area contributed by atoms with Crippen LogP contribution >= 0.6 is 0 Å². The van der Waals surface area contributed by atoms with Crippen molar-refractivity contribution in [3.63, 3.8) is 0 Å². The van der Waals surface area contributed by atoms with E-state index < -0.39 is 0 Å². The van der Waals surface area contributed by atoms with Crippen LogP contribution in [0.15, 0.2) is 73.1 Å². The van der Waals surface area contributed by atoms with Gasteiger partial charge in [-0.2, -0.15) is 5.10 Å². The molecule has 4 aromatic rings. The van der Waals surface area contributed by atoms with E-state index in [0.29, 0.717) is 11.2 Å². The Bertz CT molecular complexity index is 1210. The first kappa shape index (κ1) is 23.6. The normalized spacial score (nSPS) is 12.2. The average Bonchev–Trinajstić information content (AvgIpc) is 3.32. The zero-order valence-corrected chi connectivity index (χ0v) is 20.2. The van der Waals surface area contributed by atoms with E-state index in [1.54, 1.807) is 16.9 Å². The van der Waals surface area contributed by atoms with Gasteiger partial charge in [-0.05, 0) is 56.6 Å². The summed E-state index contributed by atoms with van der Waals surface area (Å²) >= 11 is 0. The van der Waals surface area contributed by atoms with E-state index in [-0.39, 0.29) is 11.9 Å². The van der Waals surface area contributed by atoms with E-state index in [2.05, 4.69) is 77.5 Å². The summed E-state index contributed by atoms with van der Waals surface area (Å²) in [7, 11) is 0. The molecule has 0 aliphatic carbocycles. The minimum atomic E-state index is -0.130. The predicted molar refractivity (Wildman–Crippen MR) is 138 cm³/mol. The van der Waals surface area contributed by atoms with Crippen LogP contribution in [-0.2, 0) is 0 Å². The summed E-state index contributed by atoms with van der Waals surface area (Å²) in [5.41, 5.74) is 5.32. The number of fused-ring (bicyclic) bond motifs is 1. The number of carbonyl (C=O) groups excluding carboxylic acids is 1. The number of hydrogen-bond acceptors (Lipinski definition) is 4. The highest BCUT2D eigenvalue weighted by Gasteiger charge is 2.18. The summed E-state index contributed by atoms with van der Waals surface area (Å²) in [5, 5.41) is 7.62. The summed E-state index contributed by atoms with van der Waals surface area (Å²) in [4.78, 5) is 19.8. The predicted octanol–water partition coefficient (Wildman–Crippen LogP) is 5.30. The summed E-state index contributed by atoms with van der Waals surface area (Å²) in [5.74, 6) is -0.130. The number of benzene rings is 2. The van der Waals surface area contributed by atoms with Gasteiger partial charge in [0.05, 0.1) is 11.9 Å². The Hall–Kier alpha value is -3.51. The fraction of sp³-hybridized carbons (Fsp3) is 0.321. The second-order valence-electron chi connectivity index (χ2n) is 8.61. The van der Waals surface area contributed by atoms with Crippen molar-refractivity contribution in [3.8, 4) is 22.4 Å². The van der Waals surface area contributed by atoms with Crippen LogP contribution in [-0.4, -0.2) is 51.1 Å². The molecule has 4 rings (SSSR count). The maximum atomic E-state index is 13.0. The molecule has 0 saturated heterocycles. The van der Waals surface area contributed by atoms with Crippen LogP contribution in [0.3, 0.4) is 0 Å². The van der Waals surface area contributed by atoms with Gasteiger partial charge in [-0.15, -0.1) is 0 Å². The van der Waals surface area contributed by atoms with Crippen LogP contribution in [0.4, 0.5) is 0 Å². The molecule has 0 fully saturated rings. The lowest BCUT2D eigenvalue weighted by atomic mass is 10.0. The molecule has 0 saturated carbocycles. The van der Waals surface area contributed by atoms with Crippen molar-refractivity contribution < 1.29 is 4.79 Å². The van der Waals surface area contributed by atoms with Gasteiger partial charge in [0.25, 0.3) is 5.91 Å². The first-order chi connectivity index (χ1) is 16.6. The molecule has 0 spiro atoms. The minimum Gasteiger partial charge on any atom is -0.349 e. The summed E-state index contributed by atoms with van der Waals surface area (Å²) in [6.07, 6.45) is 5.34. The van der Waals surface area contributed by atoms with Gasteiger partial charge in [0.15, 0.2) is 5.65 Å². The molecule has 0 aliphatic rings. The van der Waals surface area contributed by atoms with Crippen molar-refractivity contribution in [2.75, 3.05) is 19.6 Å². The third-order valence-corrected chi connectivity index (χ3v) is 6.32. The highest BCUT2D eigenvalue weighted by atomic mass is 16.1. The van der Waals surface area contributed by atoms with Gasteiger partial charge in [-0.1, -0.05) is 68.4 Å². The zero-order valence-electron chi connectivity index (χ0n) is 20.2. The SMILES string of the molecule is CCN(CC)CCC[C@@H](C)NC(=O)c1cnn2c(-c3ccc(-c4ccccc4)cc3)ccnc12. The van der Waals surface area contributed by atoms with Crippen molar-refractivity contribution in [2.24, 2.45) is 0 Å². The van der Waals surface area contributed by atoms with Gasteiger partial charge in [0.2, 0.25) is 0 Å². The molecule has 0 unspecified atom stereocenters. The lowest BCUT2D eigenvalue weighted by Crippen LogP contribution is -2.33. The van der Waals surface area contributed by atoms with E-state index >= 15 is 0 Å². The molecular weight excluding hydrogens is 422 g/mol. The molecule has 0 bridgehead atoms. The van der Waals surface area contributed by atoms with Crippen LogP contribution in [0.1, 0.15) is 44.0 Å². The lowest BCUT2D eigenvalue weighted by Gasteiger charge is -2.19. The highest BCUT2D eigenvalue weighted by molar-refractivity contribution is 6.00. The molecular formula is C28H33N5O. The minimum absolute atomic E-state index is 0.0896. The topological polar surface area (TPSA) is 62.5 Å². The van der Waals surface area contributed by atoms with Crippen molar-refractivity contribution in [1.82, 2.24) is 24.8 Å². The van der Waals surface area contributed by atoms with Crippen LogP contribution in [0.25, 0.3) is 28.0 Å². The van der Waals surface area contributed by atoms with Crippen molar-refractivity contribution in [1.29, 1.82) is 0 Å². The third-order valence-electron chi connectivity index (χ3n) is 6.32. The van der Waals surface area contributed by atoms with Gasteiger partial charge in [-0.25, -0.2) is 9.50 Å². The first-order valence-electron chi connectivity index (χ1n) is 12.1. The van der Waals surface area contributed by atoms with Gasteiger partial charge < -0.3 is 10.2 Å². The molecule has 2 aromatic heterocycles. The Labute approximate surface area is 201 Å². The quantitative estimate of drug-likeness (QED) is 0.352. The Kier molecular flexibility index (Phi) is 7.70. The maximum Gasteiger partial charge on any atom is 0.256 e. The van der Waals surface area contributed by atoms with Gasteiger partial charge in [0.1, 0.15) is 5.56 Å². The summed E-state index contributed by atoms with van der Waals surface area (Å²) < 4.78 is 1.75. The summed E-state index contributed by atoms with van der Waals surface area (Å²) in [6.45, 7) is 9.58. The monoisotopic (exact) mass is 455 g/mol. The van der Waals surface area contributed by atoms with Crippen LogP contribution < -0.4 is 5.32 Å². The van der Waals surface area contributed by atoms with Gasteiger partial charge in [-0.3, -0.25) is 4.79 Å². The van der Waals surface area contributed by atoms with Crippen LogP contribution in [0.5, 0.6) is 0 Å². The van der Waals surface area contributed by atoms with Crippen molar-refractivity contribution >= 4 is 11.6 Å². The van der Waals surface area contributed by atoms with Crippen molar-refractivity contribution in [3.05, 3.63) is 78.6 Å². The molecule has 176 valence electrons. The molecule has 1 amide bonds. The molecule has 2 heterocycles. The van der Waals surface area contributed by atoms with Crippen LogP contribution in [0.2, 0.25) is 0 Å². The molecule has 0 radical (unpaired) electrons. The maximum absolute atomic E-state index is 13.0. The number of nitrogens with one attached hydrogen (secondary N) is 1. The smallest absolute Gasteiger partial charge is 0.256 e. The fourth-order valence-corrected chi connectivity index (χ4v) is 4.27. The third kappa shape index (κ3) is 5.34. The molecule has 2 aromatic carbocycles. The van der Waals surface area contributed by atoms with Gasteiger partial charge >= 0.3 is 0 Å². The largest absolute Gasteiger partial charge is 0.349 e. The van der Waals surface area contributed by atoms with E-state index in [0.717, 1.165) is 49.3 Å². The Morgan fingerprint density at radius 2 is 1.65 bits per heavy atom. The molecule has 6 nitrogen and oxygen atoms in total. The van der Waals surface area contributed by atoms with Crippen molar-refractivity contribution in [2.45, 2.75) is 39.7 Å². The Morgan fingerprint density at radius 3 is 2.35 bits per heavy atom. The number of hydrogen-bond donors (Lipinski definition) is 1. The lowest BCUT2D eigenvalue weighted by molar-refractivity contribution is 0.0938. The van der Waals surface area contributed by atoms with E-state index in [9.17, 15) is 4.79 Å². The second-order valence-corrected chi connectivity index (χ2v) is 8.61. The number of amides is 1. The number of nitrogens with zero attached hydrogens (tertiary/aromatic N) is 4. The Balaban J connectivity index is 1.48. The standard InChI is InChI=1S/C28H33N5O/c1-4-32(5-2)19-9-10-21(3)31-28(34)25-20-30-33-26(17-18-29-27(25)33)24-15-13-23(14-16-24)22-11-7-6-8-12-22/h6-8,11-18,20-21H,4-5,9-10,19H2,1-3H3,(H,31,34)/t21-/m1/s1. The fourth-order valence-electron chi connectivity index (χ4n) is 4.27. The highest BCUT2D eigenvalue weighted by Crippen LogP contribution is 2.25. The number of carbonyl (C=O) groups is 1. The van der Waals surface area contributed by atoms with E-state index in [1.807, 2.05) is 24.3 Å². The Morgan fingerprint density at radius 1 is 0.971 bits per heavy atom. The summed E-state index contributed by atoms with van der Waals surface area (Å²) in [6, 6.07) is 20.7. The average molecular weight is 456 g/mol. The van der Waals surface area contributed by atoms with Gasteiger partial charge in [0, 0.05) is 17.8 Å². The first-order valence-corrected chi connectivity index (χ1v) is 12.1. The molecule has 34 heavy (non-hydrogen) atoms. The van der Waals surface area contributed by atoms with E-state index in [1.165, 1.54) is 5.56 Å². The van der Waals surface area contributed by atoms with E-state index in [4.69, 9.17) is 0 Å². The molecule has 1 N–H and O–H groups in total. The number of rotatable bonds is 10. The number of aromatic nitrogens is 3. The zero-order chi connectivity index (χ0) is 23.9. The van der Waals surface area contributed by atoms with Crippen LogP contribution in [0, 0.1) is 0 Å². The molecule has 6 heteroatoms. The second kappa shape index (κ2) is 11.1. The molecule has 1 atom stereocenters.